The van der Waals surface area contributed by atoms with Gasteiger partial charge in [-0.2, -0.15) is 0 Å². The molecule has 0 saturated carbocycles. The van der Waals surface area contributed by atoms with Gasteiger partial charge in [0.1, 0.15) is 0 Å². The van der Waals surface area contributed by atoms with Crippen molar-refractivity contribution in [1.29, 1.82) is 0 Å². The normalized spacial score (nSPS) is 0. The van der Waals surface area contributed by atoms with E-state index in [2.05, 4.69) is 0 Å². The quantitative estimate of drug-likeness (QED) is 0.345. The van der Waals surface area contributed by atoms with Gasteiger partial charge in [-0.15, -0.1) is 0 Å². The Kier molecular flexibility index (Phi) is 1120. The van der Waals surface area contributed by atoms with Gasteiger partial charge in [-0.1, -0.05) is 0 Å². The summed E-state index contributed by atoms with van der Waals surface area (Å²) < 4.78 is 0. The Morgan fingerprint density at radius 1 is 0.200 bits per heavy atom. The third-order valence-corrected chi connectivity index (χ3v) is 0. The van der Waals surface area contributed by atoms with Crippen molar-refractivity contribution in [3.63, 3.8) is 0 Å². The summed E-state index contributed by atoms with van der Waals surface area (Å²) in [6, 6.07) is 0. The molecule has 0 rings (SSSR count). The molecule has 0 spiro atoms. The van der Waals surface area contributed by atoms with Crippen LogP contribution in [0.5, 0.6) is 0 Å². The average Bonchev–Trinajstić information content (AvgIpc) is 0. The van der Waals surface area contributed by atoms with E-state index in [1.807, 2.05) is 0 Å². The van der Waals surface area contributed by atoms with Crippen LogP contribution in [0.15, 0.2) is 0 Å². The number of rotatable bonds is 0. The first-order chi connectivity index (χ1) is 0. The van der Waals surface area contributed by atoms with Crippen molar-refractivity contribution < 1.29 is 166 Å². The van der Waals surface area contributed by atoms with Crippen LogP contribution in [0.1, 0.15) is 0 Å². The van der Waals surface area contributed by atoms with E-state index < -0.39 is 0 Å². The molecule has 0 aromatic carbocycles. The van der Waals surface area contributed by atoms with Gasteiger partial charge in [-0.05, 0) is 0 Å². The Morgan fingerprint density at radius 2 is 0.200 bits per heavy atom. The molecule has 0 bridgehead atoms. The summed E-state index contributed by atoms with van der Waals surface area (Å²) in [6.45, 7) is 0. The summed E-state index contributed by atoms with van der Waals surface area (Å²) >= 11 is 0. The average molecular weight is 597 g/mol. The molecular weight excluding hydrogens is 597 g/mol. The topological polar surface area (TPSA) is 0 Å². The molecule has 0 atom stereocenters. The molecular formula is Cu2Ni8. The van der Waals surface area contributed by atoms with Gasteiger partial charge >= 0.3 is 0 Å². The van der Waals surface area contributed by atoms with Gasteiger partial charge in [0.15, 0.2) is 0 Å². The fourth-order valence-electron chi connectivity index (χ4n) is 0. The fraction of sp³-hybridized carbons (Fsp3) is 0. The Morgan fingerprint density at radius 3 is 0.200 bits per heavy atom. The Labute approximate surface area is 163 Å². The molecule has 102 valence electrons. The van der Waals surface area contributed by atoms with Crippen LogP contribution >= 0.6 is 0 Å². The largest absolute Gasteiger partial charge is 0 e. The second-order valence-corrected chi connectivity index (χ2v) is 0. The Balaban J connectivity index is 0. The molecule has 0 saturated heterocycles. The minimum atomic E-state index is 0. The van der Waals surface area contributed by atoms with Crippen molar-refractivity contribution >= 4 is 0 Å². The van der Waals surface area contributed by atoms with Gasteiger partial charge in [0, 0.05) is 166 Å². The summed E-state index contributed by atoms with van der Waals surface area (Å²) in [6.07, 6.45) is 0. The van der Waals surface area contributed by atoms with Gasteiger partial charge in [-0.25, -0.2) is 0 Å². The maximum absolute atomic E-state index is 0. The molecule has 0 aliphatic rings. The molecule has 0 unspecified atom stereocenters. The zero-order valence-electron chi connectivity index (χ0n) is 3.13. The molecule has 0 nitrogen and oxygen atoms in total. The summed E-state index contributed by atoms with van der Waals surface area (Å²) in [7, 11) is 0. The summed E-state index contributed by atoms with van der Waals surface area (Å²) in [5.41, 5.74) is 0. The second kappa shape index (κ2) is 94.9. The smallest absolute Gasteiger partial charge is 0 e. The van der Waals surface area contributed by atoms with Crippen LogP contribution in [0.25, 0.3) is 0 Å². The molecule has 10 heteroatoms. The van der Waals surface area contributed by atoms with Crippen LogP contribution in [0, 0.1) is 0 Å². The standard InChI is InChI=1S/2Cu.8Ni. The first-order valence-corrected chi connectivity index (χ1v) is 0. The predicted molar refractivity (Wildman–Crippen MR) is 0 cm³/mol. The van der Waals surface area contributed by atoms with Gasteiger partial charge in [-0.3, -0.25) is 0 Å². The van der Waals surface area contributed by atoms with Crippen LogP contribution in [0.3, 0.4) is 0 Å². The van der Waals surface area contributed by atoms with E-state index in [0.717, 1.165) is 0 Å². The molecule has 0 amide bonds. The summed E-state index contributed by atoms with van der Waals surface area (Å²) in [5, 5.41) is 0. The molecule has 0 heterocycles. The number of hydrogen-bond donors (Lipinski definition) is 0. The maximum Gasteiger partial charge on any atom is 0 e. The van der Waals surface area contributed by atoms with Gasteiger partial charge in [0.05, 0.1) is 0 Å². The van der Waals surface area contributed by atoms with Crippen molar-refractivity contribution in [2.75, 3.05) is 0 Å². The van der Waals surface area contributed by atoms with Gasteiger partial charge < -0.3 is 0 Å². The van der Waals surface area contributed by atoms with Crippen molar-refractivity contribution in [2.45, 2.75) is 0 Å². The third-order valence-electron chi connectivity index (χ3n) is 0. The minimum Gasteiger partial charge on any atom is 0 e. The molecule has 2 radical (unpaired) electrons. The monoisotopic (exact) mass is 589 g/mol. The molecule has 0 aromatic rings. The van der Waals surface area contributed by atoms with Crippen LogP contribution in [-0.4, -0.2) is 0 Å². The molecule has 0 fully saturated rings. The van der Waals surface area contributed by atoms with E-state index in [0.29, 0.717) is 0 Å². The SMILES string of the molecule is [Cu].[Cu].[Ni].[Ni].[Ni].[Ni].[Ni].[Ni].[Ni].[Ni]. The first kappa shape index (κ1) is 118. The summed E-state index contributed by atoms with van der Waals surface area (Å²) in [5.74, 6) is 0. The Bertz CT molecular complexity index is 7.22. The predicted octanol–water partition coefficient (Wildman–Crippen LogP) is -0.0250. The molecule has 10 heavy (non-hydrogen) atoms. The second-order valence-electron chi connectivity index (χ2n) is 0. The van der Waals surface area contributed by atoms with E-state index in [1.54, 1.807) is 0 Å². The number of hydrogen-bond acceptors (Lipinski definition) is 0. The zero-order chi connectivity index (χ0) is 0. The van der Waals surface area contributed by atoms with Crippen molar-refractivity contribution in [3.05, 3.63) is 0 Å². The van der Waals surface area contributed by atoms with Crippen LogP contribution in [0.4, 0.5) is 0 Å². The van der Waals surface area contributed by atoms with E-state index in [4.69, 9.17) is 0 Å². The zero-order valence-corrected chi connectivity index (χ0v) is 12.9. The molecule has 0 N–H and O–H groups in total. The van der Waals surface area contributed by atoms with Crippen molar-refractivity contribution in [2.24, 2.45) is 0 Å². The van der Waals surface area contributed by atoms with Crippen LogP contribution in [0.2, 0.25) is 0 Å². The minimum absolute atomic E-state index is 0. The van der Waals surface area contributed by atoms with Crippen LogP contribution < -0.4 is 0 Å². The molecule has 0 aliphatic heterocycles. The van der Waals surface area contributed by atoms with Crippen molar-refractivity contribution in [3.8, 4) is 0 Å². The molecule has 0 aromatic heterocycles. The van der Waals surface area contributed by atoms with E-state index in [-0.39, 0.29) is 166 Å². The van der Waals surface area contributed by atoms with E-state index in [9.17, 15) is 0 Å². The maximum atomic E-state index is 0. The Hall–Kier alpha value is 4.99. The van der Waals surface area contributed by atoms with E-state index >= 15 is 0 Å². The summed E-state index contributed by atoms with van der Waals surface area (Å²) in [4.78, 5) is 0. The first-order valence-electron chi connectivity index (χ1n) is 0. The fourth-order valence-corrected chi connectivity index (χ4v) is 0. The van der Waals surface area contributed by atoms with Gasteiger partial charge in [0.25, 0.3) is 0 Å². The van der Waals surface area contributed by atoms with E-state index in [1.165, 1.54) is 0 Å². The van der Waals surface area contributed by atoms with Crippen LogP contribution in [-0.2, 0) is 166 Å². The molecule has 0 aliphatic carbocycles. The van der Waals surface area contributed by atoms with Crippen molar-refractivity contribution in [1.82, 2.24) is 0 Å². The third kappa shape index (κ3) is 75.0. The van der Waals surface area contributed by atoms with Gasteiger partial charge in [0.2, 0.25) is 0 Å².